The molecule has 1 amide bonds. The van der Waals surface area contributed by atoms with E-state index in [-0.39, 0.29) is 23.7 Å². The largest absolute Gasteiger partial charge is 0.335 e. The molecule has 1 aromatic rings. The summed E-state index contributed by atoms with van der Waals surface area (Å²) in [5.74, 6) is 0.250. The number of hydrogen-bond acceptors (Lipinski definition) is 2. The lowest BCUT2D eigenvalue weighted by Gasteiger charge is -2.28. The maximum absolute atomic E-state index is 14.0. The number of benzene rings is 1. The van der Waals surface area contributed by atoms with E-state index < -0.39 is 0 Å². The van der Waals surface area contributed by atoms with Gasteiger partial charge in [0.2, 0.25) is 5.91 Å². The number of carbonyl (C=O) groups is 1. The summed E-state index contributed by atoms with van der Waals surface area (Å²) in [5, 5.41) is 0. The van der Waals surface area contributed by atoms with Gasteiger partial charge in [-0.3, -0.25) is 4.79 Å². The Morgan fingerprint density at radius 1 is 1.32 bits per heavy atom. The van der Waals surface area contributed by atoms with Crippen LogP contribution in [0.15, 0.2) is 22.7 Å². The highest BCUT2D eigenvalue weighted by molar-refractivity contribution is 9.10. The molecule has 2 fully saturated rings. The van der Waals surface area contributed by atoms with Crippen molar-refractivity contribution < 1.29 is 9.18 Å². The van der Waals surface area contributed by atoms with Crippen molar-refractivity contribution in [2.24, 2.45) is 17.6 Å². The molecular formula is C17H22BrFN2O. The van der Waals surface area contributed by atoms with Crippen LogP contribution in [0.3, 0.4) is 0 Å². The summed E-state index contributed by atoms with van der Waals surface area (Å²) in [6, 6.07) is 5.19. The summed E-state index contributed by atoms with van der Waals surface area (Å²) < 4.78 is 14.9. The predicted molar refractivity (Wildman–Crippen MR) is 87.6 cm³/mol. The van der Waals surface area contributed by atoms with Crippen LogP contribution in [0.4, 0.5) is 4.39 Å². The molecule has 3 nitrogen and oxygen atoms in total. The Morgan fingerprint density at radius 3 is 2.77 bits per heavy atom. The van der Waals surface area contributed by atoms with Gasteiger partial charge in [-0.25, -0.2) is 4.39 Å². The Labute approximate surface area is 139 Å². The first-order valence-electron chi connectivity index (χ1n) is 8.04. The fourth-order valence-corrected chi connectivity index (χ4v) is 3.89. The summed E-state index contributed by atoms with van der Waals surface area (Å²) in [7, 11) is 0. The van der Waals surface area contributed by atoms with Crippen molar-refractivity contribution >= 4 is 21.8 Å². The fourth-order valence-electron chi connectivity index (χ4n) is 3.48. The quantitative estimate of drug-likeness (QED) is 0.864. The van der Waals surface area contributed by atoms with E-state index in [2.05, 4.69) is 15.9 Å². The lowest BCUT2D eigenvalue weighted by molar-refractivity contribution is -0.137. The molecule has 0 heterocycles. The Hall–Kier alpha value is -0.940. The highest BCUT2D eigenvalue weighted by Crippen LogP contribution is 2.37. The second kappa shape index (κ2) is 6.67. The van der Waals surface area contributed by atoms with Crippen molar-refractivity contribution in [2.75, 3.05) is 6.54 Å². The summed E-state index contributed by atoms with van der Waals surface area (Å²) in [5.41, 5.74) is 6.39. The minimum Gasteiger partial charge on any atom is -0.335 e. The van der Waals surface area contributed by atoms with Crippen molar-refractivity contribution in [1.29, 1.82) is 0 Å². The van der Waals surface area contributed by atoms with E-state index >= 15 is 0 Å². The fraction of sp³-hybridized carbons (Fsp3) is 0.588. The molecule has 2 atom stereocenters. The smallest absolute Gasteiger partial charge is 0.226 e. The lowest BCUT2D eigenvalue weighted by Crippen LogP contribution is -2.40. The number of nitrogens with zero attached hydrogens (tertiary/aromatic N) is 1. The highest BCUT2D eigenvalue weighted by atomic mass is 79.9. The van der Waals surface area contributed by atoms with E-state index in [1.807, 2.05) is 4.90 Å². The standard InChI is InChI=1S/C17H22BrFN2O/c18-13-4-7-16(19)12(8-13)10-21(14-5-6-14)17(22)15-3-1-2-11(15)9-20/h4,7-8,11,14-15H,1-3,5-6,9-10,20H2/t11-,15-/m1/s1. The van der Waals surface area contributed by atoms with Crippen LogP contribution in [0.5, 0.6) is 0 Å². The molecule has 0 aromatic heterocycles. The molecule has 0 saturated heterocycles. The van der Waals surface area contributed by atoms with Gasteiger partial charge in [0.25, 0.3) is 0 Å². The third-order valence-corrected chi connectivity index (χ3v) is 5.39. The SMILES string of the molecule is NC[C@H]1CCC[C@H]1C(=O)N(Cc1cc(Br)ccc1F)C1CC1. The summed E-state index contributed by atoms with van der Waals surface area (Å²) in [4.78, 5) is 14.8. The zero-order valence-corrected chi connectivity index (χ0v) is 14.2. The van der Waals surface area contributed by atoms with Gasteiger partial charge >= 0.3 is 0 Å². The van der Waals surface area contributed by atoms with E-state index in [0.29, 0.717) is 24.6 Å². The van der Waals surface area contributed by atoms with Crippen LogP contribution in [-0.4, -0.2) is 23.4 Å². The lowest BCUT2D eigenvalue weighted by atomic mass is 9.94. The number of carbonyl (C=O) groups excluding carboxylic acids is 1. The van der Waals surface area contributed by atoms with Gasteiger partial charge in [0.15, 0.2) is 0 Å². The Kier molecular flexibility index (Phi) is 4.83. The van der Waals surface area contributed by atoms with Crippen LogP contribution in [0.1, 0.15) is 37.7 Å². The van der Waals surface area contributed by atoms with Gasteiger partial charge in [0.1, 0.15) is 5.82 Å². The average molecular weight is 369 g/mol. The molecule has 0 bridgehead atoms. The molecule has 2 aliphatic rings. The first kappa shape index (κ1) is 15.9. The first-order chi connectivity index (χ1) is 10.6. The Balaban J connectivity index is 1.78. The van der Waals surface area contributed by atoms with Crippen molar-refractivity contribution in [3.63, 3.8) is 0 Å². The summed E-state index contributed by atoms with van der Waals surface area (Å²) in [6.45, 7) is 0.933. The zero-order valence-electron chi connectivity index (χ0n) is 12.6. The summed E-state index contributed by atoms with van der Waals surface area (Å²) >= 11 is 3.38. The molecule has 22 heavy (non-hydrogen) atoms. The molecule has 5 heteroatoms. The van der Waals surface area contributed by atoms with Crippen molar-refractivity contribution in [2.45, 2.75) is 44.7 Å². The van der Waals surface area contributed by atoms with Crippen LogP contribution in [0.25, 0.3) is 0 Å². The van der Waals surface area contributed by atoms with E-state index in [1.165, 1.54) is 6.07 Å². The number of hydrogen-bond donors (Lipinski definition) is 1. The number of amides is 1. The van der Waals surface area contributed by atoms with E-state index in [0.717, 1.165) is 36.6 Å². The first-order valence-corrected chi connectivity index (χ1v) is 8.84. The van der Waals surface area contributed by atoms with Crippen molar-refractivity contribution in [3.05, 3.63) is 34.1 Å². The molecule has 0 radical (unpaired) electrons. The molecule has 2 saturated carbocycles. The van der Waals surface area contributed by atoms with E-state index in [1.54, 1.807) is 12.1 Å². The topological polar surface area (TPSA) is 46.3 Å². The molecule has 120 valence electrons. The minimum atomic E-state index is -0.247. The van der Waals surface area contributed by atoms with Gasteiger partial charge in [-0.15, -0.1) is 0 Å². The molecule has 0 unspecified atom stereocenters. The number of nitrogens with two attached hydrogens (primary N) is 1. The Bertz CT molecular complexity index is 562. The van der Waals surface area contributed by atoms with Gasteiger partial charge in [0.05, 0.1) is 0 Å². The minimum absolute atomic E-state index is 0.0285. The van der Waals surface area contributed by atoms with Gasteiger partial charge in [0, 0.05) is 28.5 Å². The van der Waals surface area contributed by atoms with Crippen LogP contribution >= 0.6 is 15.9 Å². The molecule has 1 aromatic carbocycles. The maximum atomic E-state index is 14.0. The van der Waals surface area contributed by atoms with Gasteiger partial charge in [-0.1, -0.05) is 22.4 Å². The van der Waals surface area contributed by atoms with Crippen molar-refractivity contribution in [1.82, 2.24) is 4.90 Å². The van der Waals surface area contributed by atoms with E-state index in [9.17, 15) is 9.18 Å². The van der Waals surface area contributed by atoms with Crippen LogP contribution in [-0.2, 0) is 11.3 Å². The Morgan fingerprint density at radius 2 is 2.09 bits per heavy atom. The zero-order chi connectivity index (χ0) is 15.7. The third kappa shape index (κ3) is 3.35. The van der Waals surface area contributed by atoms with Gasteiger partial charge in [-0.05, 0) is 56.3 Å². The number of halogens is 2. The molecule has 2 aliphatic carbocycles. The second-order valence-corrected chi connectivity index (χ2v) is 7.38. The van der Waals surface area contributed by atoms with Crippen LogP contribution in [0.2, 0.25) is 0 Å². The van der Waals surface area contributed by atoms with E-state index in [4.69, 9.17) is 5.73 Å². The van der Waals surface area contributed by atoms with Gasteiger partial charge in [-0.2, -0.15) is 0 Å². The second-order valence-electron chi connectivity index (χ2n) is 6.47. The summed E-state index contributed by atoms with van der Waals surface area (Å²) in [6.07, 6.45) is 5.09. The average Bonchev–Trinajstić information content (AvgIpc) is 3.23. The molecular weight excluding hydrogens is 347 g/mol. The van der Waals surface area contributed by atoms with Crippen LogP contribution < -0.4 is 5.73 Å². The van der Waals surface area contributed by atoms with Crippen LogP contribution in [0, 0.1) is 17.7 Å². The highest BCUT2D eigenvalue weighted by Gasteiger charge is 2.40. The third-order valence-electron chi connectivity index (χ3n) is 4.90. The van der Waals surface area contributed by atoms with Gasteiger partial charge < -0.3 is 10.6 Å². The molecule has 0 spiro atoms. The molecule has 0 aliphatic heterocycles. The monoisotopic (exact) mass is 368 g/mol. The van der Waals surface area contributed by atoms with Crippen molar-refractivity contribution in [3.8, 4) is 0 Å². The molecule has 3 rings (SSSR count). The normalized spacial score (nSPS) is 24.5. The maximum Gasteiger partial charge on any atom is 0.226 e. The predicted octanol–water partition coefficient (Wildman–Crippen LogP) is 3.45. The number of rotatable bonds is 5. The molecule has 2 N–H and O–H groups in total.